The molecule has 134 valence electrons. The molecule has 1 atom stereocenters. The number of ether oxygens (including phenoxy) is 1. The lowest BCUT2D eigenvalue weighted by Gasteiger charge is -2.44. The molecule has 0 radical (unpaired) electrons. The number of rotatable bonds is 7. The maximum absolute atomic E-state index is 9.49. The molecule has 1 N–H and O–H groups in total. The minimum atomic E-state index is 0.293. The molecule has 1 heterocycles. The summed E-state index contributed by atoms with van der Waals surface area (Å²) in [4.78, 5) is 5.23. The molecule has 4 nitrogen and oxygen atoms in total. The van der Waals surface area contributed by atoms with Gasteiger partial charge in [-0.2, -0.15) is 0 Å². The topological polar surface area (TPSA) is 35.9 Å². The molecule has 0 amide bonds. The van der Waals surface area contributed by atoms with Gasteiger partial charge in [0.25, 0.3) is 0 Å². The lowest BCUT2D eigenvalue weighted by Crippen LogP contribution is -2.55. The first-order valence-electron chi connectivity index (χ1n) is 9.61. The SMILES string of the molecule is CCOc1cccc(CN2CCN(C3CCCC3)[C@H](CCO)C2)c1. The van der Waals surface area contributed by atoms with Crippen LogP contribution in [0.5, 0.6) is 5.75 Å². The van der Waals surface area contributed by atoms with Gasteiger partial charge in [0.2, 0.25) is 0 Å². The lowest BCUT2D eigenvalue weighted by atomic mass is 10.0. The monoisotopic (exact) mass is 332 g/mol. The zero-order valence-electron chi connectivity index (χ0n) is 15.0. The standard InChI is InChI=1S/C20H32N2O2/c1-2-24-20-9-5-6-17(14-20)15-21-11-12-22(18-7-3-4-8-18)19(16-21)10-13-23/h5-6,9,14,18-19,23H,2-4,7-8,10-13,15-16H2,1H3/t19-/m1/s1. The fourth-order valence-electron chi connectivity index (χ4n) is 4.36. The van der Waals surface area contributed by atoms with Gasteiger partial charge in [-0.3, -0.25) is 9.80 Å². The smallest absolute Gasteiger partial charge is 0.119 e. The van der Waals surface area contributed by atoms with Crippen LogP contribution in [0.15, 0.2) is 24.3 Å². The highest BCUT2D eigenvalue weighted by atomic mass is 16.5. The van der Waals surface area contributed by atoms with E-state index in [0.717, 1.165) is 44.4 Å². The number of hydrogen-bond acceptors (Lipinski definition) is 4. The number of nitrogens with zero attached hydrogens (tertiary/aromatic N) is 2. The highest BCUT2D eigenvalue weighted by molar-refractivity contribution is 5.28. The summed E-state index contributed by atoms with van der Waals surface area (Å²) in [6.07, 6.45) is 6.34. The molecule has 1 saturated carbocycles. The van der Waals surface area contributed by atoms with E-state index in [2.05, 4.69) is 28.0 Å². The zero-order valence-corrected chi connectivity index (χ0v) is 15.0. The number of benzene rings is 1. The van der Waals surface area contributed by atoms with Gasteiger partial charge < -0.3 is 9.84 Å². The van der Waals surface area contributed by atoms with Gasteiger partial charge in [-0.05, 0) is 43.9 Å². The Morgan fingerprint density at radius 1 is 1.21 bits per heavy atom. The van der Waals surface area contributed by atoms with E-state index in [1.807, 2.05) is 13.0 Å². The van der Waals surface area contributed by atoms with E-state index in [4.69, 9.17) is 4.74 Å². The first kappa shape index (κ1) is 17.7. The molecule has 0 bridgehead atoms. The van der Waals surface area contributed by atoms with Crippen molar-refractivity contribution in [1.82, 2.24) is 9.80 Å². The summed E-state index contributed by atoms with van der Waals surface area (Å²) in [5.41, 5.74) is 1.32. The van der Waals surface area contributed by atoms with Gasteiger partial charge in [0.15, 0.2) is 0 Å². The minimum absolute atomic E-state index is 0.293. The molecule has 0 aromatic heterocycles. The highest BCUT2D eigenvalue weighted by Crippen LogP contribution is 2.28. The molecule has 1 aromatic rings. The highest BCUT2D eigenvalue weighted by Gasteiger charge is 2.32. The quantitative estimate of drug-likeness (QED) is 0.833. The van der Waals surface area contributed by atoms with Crippen LogP contribution in [0.3, 0.4) is 0 Å². The molecule has 2 aliphatic rings. The van der Waals surface area contributed by atoms with Gasteiger partial charge >= 0.3 is 0 Å². The Morgan fingerprint density at radius 2 is 2.04 bits per heavy atom. The lowest BCUT2D eigenvalue weighted by molar-refractivity contribution is 0.0267. The Kier molecular flexibility index (Phi) is 6.52. The van der Waals surface area contributed by atoms with E-state index in [1.165, 1.54) is 31.2 Å². The molecule has 0 unspecified atom stereocenters. The molecule has 4 heteroatoms. The van der Waals surface area contributed by atoms with Crippen LogP contribution in [0.2, 0.25) is 0 Å². The van der Waals surface area contributed by atoms with E-state index < -0.39 is 0 Å². The summed E-state index contributed by atoms with van der Waals surface area (Å²) in [6, 6.07) is 9.72. The van der Waals surface area contributed by atoms with E-state index in [9.17, 15) is 5.11 Å². The minimum Gasteiger partial charge on any atom is -0.494 e. The Balaban J connectivity index is 1.60. The first-order chi connectivity index (χ1) is 11.8. The predicted molar refractivity (Wildman–Crippen MR) is 97.3 cm³/mol. The summed E-state index contributed by atoms with van der Waals surface area (Å²) >= 11 is 0. The van der Waals surface area contributed by atoms with Crippen molar-refractivity contribution in [3.8, 4) is 5.75 Å². The largest absolute Gasteiger partial charge is 0.494 e. The summed E-state index contributed by atoms with van der Waals surface area (Å²) in [6.45, 7) is 7.33. The van der Waals surface area contributed by atoms with Crippen molar-refractivity contribution in [3.05, 3.63) is 29.8 Å². The molecule has 3 rings (SSSR count). The van der Waals surface area contributed by atoms with Gasteiger partial charge in [0.05, 0.1) is 6.61 Å². The molecule has 1 aliphatic heterocycles. The van der Waals surface area contributed by atoms with Crippen molar-refractivity contribution >= 4 is 0 Å². The average Bonchev–Trinajstić information content (AvgIpc) is 3.10. The van der Waals surface area contributed by atoms with Crippen molar-refractivity contribution in [2.45, 2.75) is 57.7 Å². The van der Waals surface area contributed by atoms with E-state index in [-0.39, 0.29) is 0 Å². The molecule has 24 heavy (non-hydrogen) atoms. The maximum Gasteiger partial charge on any atom is 0.119 e. The Bertz CT molecular complexity index is 502. The maximum atomic E-state index is 9.49. The van der Waals surface area contributed by atoms with Crippen LogP contribution in [0.4, 0.5) is 0 Å². The summed E-state index contributed by atoms with van der Waals surface area (Å²) in [5, 5.41) is 9.49. The first-order valence-corrected chi connectivity index (χ1v) is 9.61. The van der Waals surface area contributed by atoms with Gasteiger partial charge in [0, 0.05) is 44.9 Å². The van der Waals surface area contributed by atoms with Gasteiger partial charge in [-0.25, -0.2) is 0 Å². The fraction of sp³-hybridized carbons (Fsp3) is 0.700. The second-order valence-corrected chi connectivity index (χ2v) is 7.16. The predicted octanol–water partition coefficient (Wildman–Crippen LogP) is 2.90. The van der Waals surface area contributed by atoms with Crippen LogP contribution in [0, 0.1) is 0 Å². The molecule has 0 spiro atoms. The third-order valence-electron chi connectivity index (χ3n) is 5.48. The van der Waals surface area contributed by atoms with Gasteiger partial charge in [-0.15, -0.1) is 0 Å². The second-order valence-electron chi connectivity index (χ2n) is 7.16. The molecule has 1 saturated heterocycles. The number of piperazine rings is 1. The zero-order chi connectivity index (χ0) is 16.8. The number of aliphatic hydroxyl groups excluding tert-OH is 1. The van der Waals surface area contributed by atoms with Crippen molar-refractivity contribution < 1.29 is 9.84 Å². The Labute approximate surface area is 146 Å². The average molecular weight is 332 g/mol. The second kappa shape index (κ2) is 8.84. The number of aliphatic hydroxyl groups is 1. The molecule has 1 aliphatic carbocycles. The van der Waals surface area contributed by atoms with Crippen LogP contribution >= 0.6 is 0 Å². The van der Waals surface area contributed by atoms with Crippen molar-refractivity contribution in [2.24, 2.45) is 0 Å². The van der Waals surface area contributed by atoms with Gasteiger partial charge in [0.1, 0.15) is 5.75 Å². The normalized spacial score (nSPS) is 23.7. The summed E-state index contributed by atoms with van der Waals surface area (Å²) in [7, 11) is 0. The van der Waals surface area contributed by atoms with Crippen LogP contribution < -0.4 is 4.74 Å². The molecular formula is C20H32N2O2. The van der Waals surface area contributed by atoms with Gasteiger partial charge in [-0.1, -0.05) is 25.0 Å². The molecular weight excluding hydrogens is 300 g/mol. The van der Waals surface area contributed by atoms with Crippen molar-refractivity contribution in [3.63, 3.8) is 0 Å². The summed E-state index contributed by atoms with van der Waals surface area (Å²) in [5.74, 6) is 0.964. The Morgan fingerprint density at radius 3 is 2.79 bits per heavy atom. The van der Waals surface area contributed by atoms with Crippen molar-refractivity contribution in [1.29, 1.82) is 0 Å². The third kappa shape index (κ3) is 4.50. The third-order valence-corrected chi connectivity index (χ3v) is 5.48. The molecule has 1 aromatic carbocycles. The van der Waals surface area contributed by atoms with E-state index >= 15 is 0 Å². The van der Waals surface area contributed by atoms with Crippen LogP contribution in [-0.4, -0.2) is 59.8 Å². The fourth-order valence-corrected chi connectivity index (χ4v) is 4.36. The van der Waals surface area contributed by atoms with Crippen LogP contribution in [0.1, 0.15) is 44.6 Å². The van der Waals surface area contributed by atoms with Crippen LogP contribution in [-0.2, 0) is 6.54 Å². The Hall–Kier alpha value is -1.10. The summed E-state index contributed by atoms with van der Waals surface area (Å²) < 4.78 is 5.62. The molecule has 2 fully saturated rings. The van der Waals surface area contributed by atoms with Crippen LogP contribution in [0.25, 0.3) is 0 Å². The van der Waals surface area contributed by atoms with Crippen molar-refractivity contribution in [2.75, 3.05) is 32.8 Å². The van der Waals surface area contributed by atoms with E-state index in [1.54, 1.807) is 0 Å². The number of hydrogen-bond donors (Lipinski definition) is 1. The van der Waals surface area contributed by atoms with E-state index in [0.29, 0.717) is 19.3 Å².